The van der Waals surface area contributed by atoms with Crippen LogP contribution in [0.15, 0.2) is 18.2 Å². The first kappa shape index (κ1) is 13.7. The van der Waals surface area contributed by atoms with Gasteiger partial charge in [0.15, 0.2) is 0 Å². The number of ether oxygens (including phenoxy) is 1. The van der Waals surface area contributed by atoms with Crippen LogP contribution >= 0.6 is 11.6 Å². The maximum atomic E-state index is 10.6. The van der Waals surface area contributed by atoms with E-state index >= 15 is 0 Å². The van der Waals surface area contributed by atoms with Gasteiger partial charge in [0.05, 0.1) is 23.0 Å². The van der Waals surface area contributed by atoms with E-state index in [0.717, 1.165) is 22.4 Å². The minimum absolute atomic E-state index is 0.200. The molecule has 5 nitrogen and oxygen atoms in total. The fourth-order valence-corrected chi connectivity index (χ4v) is 2.19. The van der Waals surface area contributed by atoms with Crippen molar-refractivity contribution in [2.45, 2.75) is 25.8 Å². The maximum absolute atomic E-state index is 10.6. The minimum atomic E-state index is -0.777. The summed E-state index contributed by atoms with van der Waals surface area (Å²) in [5.74, 6) is 0.760. The number of halogens is 1. The second kappa shape index (κ2) is 5.48. The van der Waals surface area contributed by atoms with Crippen LogP contribution < -0.4 is 5.73 Å². The maximum Gasteiger partial charge on any atom is 0.404 e. The van der Waals surface area contributed by atoms with Crippen LogP contribution in [0.2, 0.25) is 0 Å². The molecule has 0 aliphatic heterocycles. The monoisotopic (exact) mass is 281 g/mol. The van der Waals surface area contributed by atoms with Crippen LogP contribution in [0, 0.1) is 6.92 Å². The van der Waals surface area contributed by atoms with Gasteiger partial charge in [-0.2, -0.15) is 0 Å². The van der Waals surface area contributed by atoms with Crippen molar-refractivity contribution in [2.75, 3.05) is 6.61 Å². The molecule has 1 atom stereocenters. The summed E-state index contributed by atoms with van der Waals surface area (Å²) in [6.07, 6.45) is -0.777. The molecule has 1 unspecified atom stereocenters. The van der Waals surface area contributed by atoms with Crippen LogP contribution in [-0.4, -0.2) is 22.3 Å². The average Bonchev–Trinajstić information content (AvgIpc) is 2.67. The number of primary amides is 1. The predicted molar refractivity (Wildman–Crippen MR) is 74.3 cm³/mol. The Kier molecular flexibility index (Phi) is 3.95. The Labute approximate surface area is 116 Å². The number of nitrogens with zero attached hydrogens (tertiary/aromatic N) is 2. The number of hydrogen-bond acceptors (Lipinski definition) is 3. The van der Waals surface area contributed by atoms with E-state index in [4.69, 9.17) is 22.1 Å². The second-order valence-electron chi connectivity index (χ2n) is 4.40. The molecule has 2 rings (SSSR count). The molecule has 0 spiro atoms. The highest BCUT2D eigenvalue weighted by Gasteiger charge is 2.15. The third-order valence-corrected chi connectivity index (χ3v) is 3.04. The first-order valence-electron chi connectivity index (χ1n) is 6.02. The highest BCUT2D eigenvalue weighted by atomic mass is 35.5. The zero-order valence-electron chi connectivity index (χ0n) is 10.9. The largest absolute Gasteiger partial charge is 0.448 e. The standard InChI is InChI=1S/C13H16ClN3O2/c1-8-3-4-10-11(7-8)17(5-6-19-13(15)18)12(16-10)9(2)14/h3-4,7,9H,5-6H2,1-2H3,(H2,15,18). The summed E-state index contributed by atoms with van der Waals surface area (Å²) in [6.45, 7) is 4.56. The molecule has 0 radical (unpaired) electrons. The highest BCUT2D eigenvalue weighted by molar-refractivity contribution is 6.20. The first-order chi connectivity index (χ1) is 8.99. The number of fused-ring (bicyclic) bond motifs is 1. The van der Waals surface area contributed by atoms with Crippen molar-refractivity contribution in [1.82, 2.24) is 9.55 Å². The Balaban J connectivity index is 2.39. The van der Waals surface area contributed by atoms with Crippen LogP contribution in [0.4, 0.5) is 4.79 Å². The number of aromatic nitrogens is 2. The third-order valence-electron chi connectivity index (χ3n) is 2.85. The molecule has 102 valence electrons. The van der Waals surface area contributed by atoms with E-state index < -0.39 is 6.09 Å². The molecule has 1 aromatic heterocycles. The van der Waals surface area contributed by atoms with Crippen molar-refractivity contribution in [2.24, 2.45) is 5.73 Å². The van der Waals surface area contributed by atoms with Crippen molar-refractivity contribution in [3.63, 3.8) is 0 Å². The van der Waals surface area contributed by atoms with Crippen LogP contribution in [0.25, 0.3) is 11.0 Å². The lowest BCUT2D eigenvalue weighted by molar-refractivity contribution is 0.152. The number of carbonyl (C=O) groups excluding carboxylic acids is 1. The molecule has 6 heteroatoms. The van der Waals surface area contributed by atoms with Crippen LogP contribution in [0.3, 0.4) is 0 Å². The summed E-state index contributed by atoms with van der Waals surface area (Å²) in [4.78, 5) is 15.1. The number of imidazole rings is 1. The fraction of sp³-hybridized carbons (Fsp3) is 0.385. The van der Waals surface area contributed by atoms with Gasteiger partial charge in [0.2, 0.25) is 0 Å². The lowest BCUT2D eigenvalue weighted by Gasteiger charge is -2.10. The molecular formula is C13H16ClN3O2. The zero-order chi connectivity index (χ0) is 14.0. The van der Waals surface area contributed by atoms with Gasteiger partial charge in [0, 0.05) is 0 Å². The summed E-state index contributed by atoms with van der Waals surface area (Å²) in [6, 6.07) is 6.00. The molecule has 0 bridgehead atoms. The molecule has 0 aliphatic carbocycles. The molecular weight excluding hydrogens is 266 g/mol. The fourth-order valence-electron chi connectivity index (χ4n) is 2.03. The molecule has 19 heavy (non-hydrogen) atoms. The van der Waals surface area contributed by atoms with E-state index in [1.165, 1.54) is 0 Å². The van der Waals surface area contributed by atoms with Gasteiger partial charge in [-0.25, -0.2) is 9.78 Å². The molecule has 0 fully saturated rings. The third kappa shape index (κ3) is 2.98. The molecule has 0 saturated carbocycles. The Morgan fingerprint density at radius 1 is 1.58 bits per heavy atom. The van der Waals surface area contributed by atoms with Crippen molar-refractivity contribution < 1.29 is 9.53 Å². The van der Waals surface area contributed by atoms with Gasteiger partial charge in [-0.05, 0) is 31.5 Å². The quantitative estimate of drug-likeness (QED) is 0.876. The number of carbonyl (C=O) groups is 1. The van der Waals surface area contributed by atoms with Crippen LogP contribution in [0.5, 0.6) is 0 Å². The predicted octanol–water partition coefficient (Wildman–Crippen LogP) is 2.74. The SMILES string of the molecule is Cc1ccc2nc(C(C)Cl)n(CCOC(N)=O)c2c1. The molecule has 1 aromatic carbocycles. The van der Waals surface area contributed by atoms with Gasteiger partial charge in [-0.3, -0.25) is 0 Å². The molecule has 0 saturated heterocycles. The number of hydrogen-bond donors (Lipinski definition) is 1. The van der Waals surface area contributed by atoms with Crippen molar-refractivity contribution >= 4 is 28.7 Å². The van der Waals surface area contributed by atoms with Crippen LogP contribution in [0.1, 0.15) is 23.7 Å². The van der Waals surface area contributed by atoms with E-state index in [0.29, 0.717) is 6.54 Å². The van der Waals surface area contributed by atoms with Crippen molar-refractivity contribution in [1.29, 1.82) is 0 Å². The minimum Gasteiger partial charge on any atom is -0.448 e. The number of alkyl halides is 1. The molecule has 1 heterocycles. The zero-order valence-corrected chi connectivity index (χ0v) is 11.6. The van der Waals surface area contributed by atoms with E-state index in [1.807, 2.05) is 36.6 Å². The summed E-state index contributed by atoms with van der Waals surface area (Å²) >= 11 is 6.15. The van der Waals surface area contributed by atoms with Gasteiger partial charge in [-0.1, -0.05) is 6.07 Å². The number of amides is 1. The average molecular weight is 282 g/mol. The first-order valence-corrected chi connectivity index (χ1v) is 6.45. The Bertz CT molecular complexity index is 607. The Morgan fingerprint density at radius 3 is 2.95 bits per heavy atom. The summed E-state index contributed by atoms with van der Waals surface area (Å²) in [5, 5.41) is -0.221. The number of benzene rings is 1. The van der Waals surface area contributed by atoms with Gasteiger partial charge in [0.1, 0.15) is 12.4 Å². The summed E-state index contributed by atoms with van der Waals surface area (Å²) in [7, 11) is 0. The molecule has 1 amide bonds. The van der Waals surface area contributed by atoms with Crippen molar-refractivity contribution in [3.8, 4) is 0 Å². The van der Waals surface area contributed by atoms with Crippen LogP contribution in [-0.2, 0) is 11.3 Å². The normalized spacial score (nSPS) is 12.6. The van der Waals surface area contributed by atoms with Gasteiger partial charge in [-0.15, -0.1) is 11.6 Å². The topological polar surface area (TPSA) is 70.1 Å². The van der Waals surface area contributed by atoms with E-state index in [-0.39, 0.29) is 12.0 Å². The number of aryl methyl sites for hydroxylation is 1. The number of rotatable bonds is 4. The molecule has 2 N–H and O–H groups in total. The van der Waals surface area contributed by atoms with Gasteiger partial charge < -0.3 is 15.0 Å². The second-order valence-corrected chi connectivity index (χ2v) is 5.05. The van der Waals surface area contributed by atoms with E-state index in [9.17, 15) is 4.79 Å². The van der Waals surface area contributed by atoms with Gasteiger partial charge in [0.25, 0.3) is 0 Å². The smallest absolute Gasteiger partial charge is 0.404 e. The summed E-state index contributed by atoms with van der Waals surface area (Å²) in [5.41, 5.74) is 7.96. The summed E-state index contributed by atoms with van der Waals surface area (Å²) < 4.78 is 6.74. The lowest BCUT2D eigenvalue weighted by Crippen LogP contribution is -2.17. The molecule has 2 aromatic rings. The Morgan fingerprint density at radius 2 is 2.32 bits per heavy atom. The van der Waals surface area contributed by atoms with Gasteiger partial charge >= 0.3 is 6.09 Å². The number of nitrogens with two attached hydrogens (primary N) is 1. The highest BCUT2D eigenvalue weighted by Crippen LogP contribution is 2.25. The lowest BCUT2D eigenvalue weighted by atomic mass is 10.2. The Hall–Kier alpha value is -1.75. The van der Waals surface area contributed by atoms with E-state index in [1.54, 1.807) is 0 Å². The molecule has 0 aliphatic rings. The van der Waals surface area contributed by atoms with Crippen molar-refractivity contribution in [3.05, 3.63) is 29.6 Å². The van der Waals surface area contributed by atoms with E-state index in [2.05, 4.69) is 4.98 Å².